The van der Waals surface area contributed by atoms with E-state index in [1.165, 1.54) is 41.5 Å². The van der Waals surface area contributed by atoms with Gasteiger partial charge < -0.3 is 14.2 Å². The van der Waals surface area contributed by atoms with Crippen molar-refractivity contribution in [2.24, 2.45) is 5.41 Å². The average Bonchev–Trinajstić information content (AvgIpc) is 3.04. The van der Waals surface area contributed by atoms with Gasteiger partial charge in [0.05, 0.1) is 11.9 Å². The Hall–Kier alpha value is -1.90. The smallest absolute Gasteiger partial charge is 0.251 e. The lowest BCUT2D eigenvalue weighted by atomic mass is 9.73. The molecule has 0 atom stereocenters. The maximum Gasteiger partial charge on any atom is 0.251 e. The van der Waals surface area contributed by atoms with Gasteiger partial charge in [-0.25, -0.2) is 0 Å². The van der Waals surface area contributed by atoms with E-state index in [-0.39, 0.29) is 11.5 Å². The molecule has 0 radical (unpaired) electrons. The molecule has 4 rings (SSSR count). The third-order valence-electron chi connectivity index (χ3n) is 7.36. The van der Waals surface area contributed by atoms with Crippen molar-refractivity contribution in [2.45, 2.75) is 118 Å². The summed E-state index contributed by atoms with van der Waals surface area (Å²) >= 11 is 0. The van der Waals surface area contributed by atoms with Crippen molar-refractivity contribution in [3.63, 3.8) is 0 Å². The van der Waals surface area contributed by atoms with Crippen molar-refractivity contribution < 1.29 is 14.2 Å². The van der Waals surface area contributed by atoms with Crippen molar-refractivity contribution >= 4 is 0 Å². The molecule has 3 nitrogen and oxygen atoms in total. The van der Waals surface area contributed by atoms with E-state index in [1.54, 1.807) is 0 Å². The molecule has 0 N–H and O–H groups in total. The fraction of sp³-hybridized carbons (Fsp3) is 0.655. The highest BCUT2D eigenvalue weighted by Crippen LogP contribution is 2.51. The molecule has 1 saturated carbocycles. The Morgan fingerprint density at radius 1 is 0.938 bits per heavy atom. The van der Waals surface area contributed by atoms with E-state index in [9.17, 15) is 0 Å². The Kier molecular flexibility index (Phi) is 6.40. The van der Waals surface area contributed by atoms with Crippen LogP contribution in [0.5, 0.6) is 11.5 Å². The molecular formula is C29H42O3. The lowest BCUT2D eigenvalue weighted by molar-refractivity contribution is -0.105. The number of rotatable bonds is 6. The van der Waals surface area contributed by atoms with Crippen LogP contribution >= 0.6 is 0 Å². The molecule has 1 aromatic carbocycles. The molecule has 0 bridgehead atoms. The van der Waals surface area contributed by atoms with Gasteiger partial charge in [-0.1, -0.05) is 51.8 Å². The van der Waals surface area contributed by atoms with Crippen LogP contribution in [0.4, 0.5) is 0 Å². The summed E-state index contributed by atoms with van der Waals surface area (Å²) in [6.07, 6.45) is 11.1. The Balaban J connectivity index is 1.60. The van der Waals surface area contributed by atoms with E-state index < -0.39 is 5.79 Å². The van der Waals surface area contributed by atoms with Crippen LogP contribution in [-0.4, -0.2) is 11.9 Å². The standard InChI is InChI=1S/C29H42O3/c1-19(2)24-13-11-22(26-27(24)32-29(31-26)15-9-8-10-16-29)12-14-25-21(5)17-23(30-20(3)4)18-28(25,6)7/h11,13,17,19-20H,8-10,12,14-16,18H2,1-7H3. The molecule has 1 fully saturated rings. The quantitative estimate of drug-likeness (QED) is 0.447. The number of aryl methyl sites for hydroxylation is 1. The SMILES string of the molecule is CC1=C(CCc2ccc(C(C)C)c3c2OC2(CCCCC2)O3)C(C)(C)CC(OC(C)C)=C1. The second kappa shape index (κ2) is 8.80. The molecule has 1 heterocycles. The molecule has 176 valence electrons. The minimum Gasteiger partial charge on any atom is -0.495 e. The average molecular weight is 439 g/mol. The molecule has 1 spiro atoms. The Morgan fingerprint density at radius 2 is 1.62 bits per heavy atom. The van der Waals surface area contributed by atoms with Crippen molar-refractivity contribution in [2.75, 3.05) is 0 Å². The van der Waals surface area contributed by atoms with Crippen LogP contribution < -0.4 is 9.47 Å². The van der Waals surface area contributed by atoms with Gasteiger partial charge in [0.2, 0.25) is 0 Å². The summed E-state index contributed by atoms with van der Waals surface area (Å²) in [5.74, 6) is 3.15. The summed E-state index contributed by atoms with van der Waals surface area (Å²) in [7, 11) is 0. The molecule has 32 heavy (non-hydrogen) atoms. The normalized spacial score (nSPS) is 21.5. The predicted molar refractivity (Wildman–Crippen MR) is 131 cm³/mol. The van der Waals surface area contributed by atoms with Gasteiger partial charge in [-0.15, -0.1) is 0 Å². The van der Waals surface area contributed by atoms with E-state index in [0.717, 1.165) is 49.4 Å². The topological polar surface area (TPSA) is 27.7 Å². The van der Waals surface area contributed by atoms with Crippen molar-refractivity contribution in [1.29, 1.82) is 0 Å². The van der Waals surface area contributed by atoms with Gasteiger partial charge in [0.25, 0.3) is 5.79 Å². The highest BCUT2D eigenvalue weighted by Gasteiger charge is 2.44. The third kappa shape index (κ3) is 4.58. The second-order valence-electron chi connectivity index (χ2n) is 11.3. The van der Waals surface area contributed by atoms with E-state index in [0.29, 0.717) is 5.92 Å². The van der Waals surface area contributed by atoms with E-state index in [2.05, 4.69) is 66.7 Å². The molecule has 0 aromatic heterocycles. The van der Waals surface area contributed by atoms with E-state index in [1.807, 2.05) is 0 Å². The first kappa shape index (κ1) is 23.3. The summed E-state index contributed by atoms with van der Waals surface area (Å²) in [6.45, 7) is 15.6. The van der Waals surface area contributed by atoms with E-state index in [4.69, 9.17) is 14.2 Å². The number of hydrogen-bond donors (Lipinski definition) is 0. The minimum atomic E-state index is -0.425. The number of fused-ring (bicyclic) bond motifs is 1. The molecule has 0 saturated heterocycles. The van der Waals surface area contributed by atoms with Crippen molar-refractivity contribution in [1.82, 2.24) is 0 Å². The lowest BCUT2D eigenvalue weighted by Crippen LogP contribution is -2.40. The van der Waals surface area contributed by atoms with Gasteiger partial charge in [-0.2, -0.15) is 0 Å². The zero-order chi connectivity index (χ0) is 23.1. The second-order valence-corrected chi connectivity index (χ2v) is 11.3. The highest BCUT2D eigenvalue weighted by atomic mass is 16.7. The van der Waals surface area contributed by atoms with Crippen LogP contribution in [0.2, 0.25) is 0 Å². The first-order valence-corrected chi connectivity index (χ1v) is 12.7. The summed E-state index contributed by atoms with van der Waals surface area (Å²) in [4.78, 5) is 0. The van der Waals surface area contributed by atoms with Gasteiger partial charge in [0, 0.05) is 24.8 Å². The van der Waals surface area contributed by atoms with Crippen LogP contribution in [0.3, 0.4) is 0 Å². The molecule has 3 aliphatic rings. The monoisotopic (exact) mass is 438 g/mol. The van der Waals surface area contributed by atoms with Crippen LogP contribution in [0.15, 0.2) is 35.1 Å². The third-order valence-corrected chi connectivity index (χ3v) is 7.36. The molecular weight excluding hydrogens is 396 g/mol. The van der Waals surface area contributed by atoms with Crippen molar-refractivity contribution in [3.05, 3.63) is 46.2 Å². The zero-order valence-corrected chi connectivity index (χ0v) is 21.3. The summed E-state index contributed by atoms with van der Waals surface area (Å²) in [6, 6.07) is 4.56. The van der Waals surface area contributed by atoms with Gasteiger partial charge in [0.1, 0.15) is 0 Å². The largest absolute Gasteiger partial charge is 0.495 e. The minimum absolute atomic E-state index is 0.103. The first-order valence-electron chi connectivity index (χ1n) is 12.7. The highest BCUT2D eigenvalue weighted by molar-refractivity contribution is 5.56. The van der Waals surface area contributed by atoms with Crippen LogP contribution in [0.1, 0.15) is 110 Å². The maximum absolute atomic E-state index is 6.67. The molecule has 0 unspecified atom stereocenters. The lowest BCUT2D eigenvalue weighted by Gasteiger charge is -2.35. The Labute approximate surface area is 195 Å². The molecule has 2 aliphatic carbocycles. The number of allylic oxidation sites excluding steroid dienone is 4. The van der Waals surface area contributed by atoms with Gasteiger partial charge in [-0.3, -0.25) is 0 Å². The molecule has 1 aromatic rings. The zero-order valence-electron chi connectivity index (χ0n) is 21.3. The summed E-state index contributed by atoms with van der Waals surface area (Å²) < 4.78 is 19.3. The Bertz CT molecular complexity index is 911. The Morgan fingerprint density at radius 3 is 2.25 bits per heavy atom. The van der Waals surface area contributed by atoms with Crippen LogP contribution in [0.25, 0.3) is 0 Å². The molecule has 0 amide bonds. The number of ether oxygens (including phenoxy) is 3. The van der Waals surface area contributed by atoms with Gasteiger partial charge in [-0.05, 0) is 75.0 Å². The first-order chi connectivity index (χ1) is 15.1. The molecule has 3 heteroatoms. The van der Waals surface area contributed by atoms with E-state index >= 15 is 0 Å². The van der Waals surface area contributed by atoms with Crippen LogP contribution in [-0.2, 0) is 11.2 Å². The van der Waals surface area contributed by atoms with Crippen molar-refractivity contribution in [3.8, 4) is 11.5 Å². The number of benzene rings is 1. The van der Waals surface area contributed by atoms with Crippen LogP contribution in [0, 0.1) is 5.41 Å². The number of hydrogen-bond acceptors (Lipinski definition) is 3. The van der Waals surface area contributed by atoms with Gasteiger partial charge in [0.15, 0.2) is 11.5 Å². The summed E-state index contributed by atoms with van der Waals surface area (Å²) in [5, 5.41) is 0. The maximum atomic E-state index is 6.67. The predicted octanol–water partition coefficient (Wildman–Crippen LogP) is 8.23. The molecule has 1 aliphatic heterocycles. The fourth-order valence-electron chi connectivity index (χ4n) is 5.80. The summed E-state index contributed by atoms with van der Waals surface area (Å²) in [5.41, 5.74) is 5.55. The fourth-order valence-corrected chi connectivity index (χ4v) is 5.80. The van der Waals surface area contributed by atoms with Gasteiger partial charge >= 0.3 is 0 Å².